The van der Waals surface area contributed by atoms with Crippen LogP contribution in [-0.2, 0) is 7.05 Å². The predicted octanol–water partition coefficient (Wildman–Crippen LogP) is 4.84. The van der Waals surface area contributed by atoms with Crippen molar-refractivity contribution in [2.24, 2.45) is 7.05 Å². The SMILES string of the molecule is Cc1cc([C@@H](C)Nc2ccc(Cl)nc2C(=O)O)c2nc(-c3cnc(C)cc3C)n(C)c(=O)c2c1. The molecule has 0 radical (unpaired) electrons. The van der Waals surface area contributed by atoms with Gasteiger partial charge in [-0.05, 0) is 63.1 Å². The van der Waals surface area contributed by atoms with Crippen molar-refractivity contribution in [1.29, 1.82) is 0 Å². The Bertz CT molecular complexity index is 1510. The highest BCUT2D eigenvalue weighted by Gasteiger charge is 2.20. The third kappa shape index (κ3) is 4.24. The third-order valence-corrected chi connectivity index (χ3v) is 5.96. The van der Waals surface area contributed by atoms with Crippen molar-refractivity contribution in [3.8, 4) is 11.4 Å². The van der Waals surface area contributed by atoms with Gasteiger partial charge >= 0.3 is 5.97 Å². The molecule has 0 spiro atoms. The first-order valence-electron chi connectivity index (χ1n) is 10.7. The molecule has 0 amide bonds. The highest BCUT2D eigenvalue weighted by Crippen LogP contribution is 2.30. The number of anilines is 1. The number of aromatic carboxylic acids is 1. The van der Waals surface area contributed by atoms with E-state index in [1.165, 1.54) is 10.6 Å². The molecule has 174 valence electrons. The summed E-state index contributed by atoms with van der Waals surface area (Å²) < 4.78 is 1.54. The fourth-order valence-electron chi connectivity index (χ4n) is 4.08. The average Bonchev–Trinajstić information content (AvgIpc) is 2.77. The van der Waals surface area contributed by atoms with E-state index >= 15 is 0 Å². The Morgan fingerprint density at radius 1 is 1.15 bits per heavy atom. The summed E-state index contributed by atoms with van der Waals surface area (Å²) in [4.78, 5) is 38.2. The lowest BCUT2D eigenvalue weighted by Crippen LogP contribution is -2.22. The van der Waals surface area contributed by atoms with Crippen molar-refractivity contribution in [1.82, 2.24) is 19.5 Å². The van der Waals surface area contributed by atoms with Gasteiger partial charge in [-0.15, -0.1) is 0 Å². The van der Waals surface area contributed by atoms with Crippen LogP contribution in [0.3, 0.4) is 0 Å². The number of nitrogens with zero attached hydrogens (tertiary/aromatic N) is 4. The van der Waals surface area contributed by atoms with Crippen LogP contribution < -0.4 is 10.9 Å². The van der Waals surface area contributed by atoms with E-state index in [1.54, 1.807) is 19.3 Å². The third-order valence-electron chi connectivity index (χ3n) is 5.74. The Morgan fingerprint density at radius 2 is 1.88 bits per heavy atom. The monoisotopic (exact) mass is 477 g/mol. The molecule has 0 saturated carbocycles. The van der Waals surface area contributed by atoms with Gasteiger partial charge in [-0.2, -0.15) is 0 Å². The van der Waals surface area contributed by atoms with E-state index in [0.29, 0.717) is 22.4 Å². The summed E-state index contributed by atoms with van der Waals surface area (Å²) in [5.74, 6) is -0.679. The minimum Gasteiger partial charge on any atom is -0.476 e. The molecule has 0 aliphatic heterocycles. The van der Waals surface area contributed by atoms with Gasteiger partial charge < -0.3 is 10.4 Å². The lowest BCUT2D eigenvalue weighted by Gasteiger charge is -2.20. The Morgan fingerprint density at radius 3 is 2.56 bits per heavy atom. The number of carbonyl (C=O) groups is 1. The number of aromatic nitrogens is 4. The topological polar surface area (TPSA) is 110 Å². The Hall–Kier alpha value is -3.78. The van der Waals surface area contributed by atoms with E-state index in [-0.39, 0.29) is 22.4 Å². The maximum atomic E-state index is 13.3. The van der Waals surface area contributed by atoms with Crippen molar-refractivity contribution in [2.75, 3.05) is 5.32 Å². The molecule has 1 atom stereocenters. The smallest absolute Gasteiger partial charge is 0.356 e. The number of halogens is 1. The minimum atomic E-state index is -1.19. The van der Waals surface area contributed by atoms with Gasteiger partial charge in [-0.25, -0.2) is 14.8 Å². The highest BCUT2D eigenvalue weighted by molar-refractivity contribution is 6.29. The summed E-state index contributed by atoms with van der Waals surface area (Å²) in [5, 5.41) is 13.3. The predicted molar refractivity (Wildman–Crippen MR) is 133 cm³/mol. The Kier molecular flexibility index (Phi) is 6.10. The standard InChI is InChI=1S/C25H24ClN5O3/c1-12-8-16(15(4)28-19-6-7-20(26)29-22(19)25(33)34)21-17(9-12)24(32)31(5)23(30-21)18-11-27-14(3)10-13(18)2/h6-11,15,28H,1-5H3,(H,33,34)/t15-/m1/s1. The van der Waals surface area contributed by atoms with E-state index in [2.05, 4.69) is 15.3 Å². The summed E-state index contributed by atoms with van der Waals surface area (Å²) in [7, 11) is 1.70. The van der Waals surface area contributed by atoms with Gasteiger partial charge in [-0.3, -0.25) is 14.3 Å². The molecule has 9 heteroatoms. The van der Waals surface area contributed by atoms with Crippen LogP contribution in [0.4, 0.5) is 5.69 Å². The fraction of sp³-hybridized carbons (Fsp3) is 0.240. The van der Waals surface area contributed by atoms with Crippen molar-refractivity contribution in [2.45, 2.75) is 33.7 Å². The van der Waals surface area contributed by atoms with Gasteiger partial charge in [0.25, 0.3) is 5.56 Å². The zero-order chi connectivity index (χ0) is 24.7. The molecule has 1 aromatic carbocycles. The second-order valence-electron chi connectivity index (χ2n) is 8.39. The van der Waals surface area contributed by atoms with Crippen LogP contribution in [-0.4, -0.2) is 30.6 Å². The number of nitrogens with one attached hydrogen (secondary N) is 1. The number of pyridine rings is 2. The molecule has 0 bridgehead atoms. The van der Waals surface area contributed by atoms with Gasteiger partial charge in [0.2, 0.25) is 0 Å². The molecule has 3 heterocycles. The number of carboxylic acid groups (broad SMARTS) is 1. The van der Waals surface area contributed by atoms with Crippen LogP contribution >= 0.6 is 11.6 Å². The van der Waals surface area contributed by atoms with Gasteiger partial charge in [0.15, 0.2) is 5.69 Å². The van der Waals surface area contributed by atoms with Crippen molar-refractivity contribution >= 4 is 34.2 Å². The molecule has 0 aliphatic rings. The minimum absolute atomic E-state index is 0.0912. The molecule has 0 aliphatic carbocycles. The van der Waals surface area contributed by atoms with Crippen molar-refractivity contribution < 1.29 is 9.90 Å². The first kappa shape index (κ1) is 23.4. The van der Waals surface area contributed by atoms with E-state index in [9.17, 15) is 14.7 Å². The summed E-state index contributed by atoms with van der Waals surface area (Å²) >= 11 is 5.89. The van der Waals surface area contributed by atoms with Crippen LogP contribution in [0.1, 0.15) is 45.8 Å². The number of hydrogen-bond donors (Lipinski definition) is 2. The van der Waals surface area contributed by atoms with Crippen LogP contribution in [0, 0.1) is 20.8 Å². The number of rotatable bonds is 5. The van der Waals surface area contributed by atoms with Crippen molar-refractivity contribution in [3.63, 3.8) is 0 Å². The molecular weight excluding hydrogens is 454 g/mol. The van der Waals surface area contributed by atoms with E-state index in [1.807, 2.05) is 45.9 Å². The molecule has 0 fully saturated rings. The van der Waals surface area contributed by atoms with Gasteiger partial charge in [0.1, 0.15) is 11.0 Å². The van der Waals surface area contributed by atoms with E-state index in [4.69, 9.17) is 16.6 Å². The number of fused-ring (bicyclic) bond motifs is 1. The summed E-state index contributed by atoms with van der Waals surface area (Å²) in [6.45, 7) is 7.66. The number of aryl methyl sites for hydroxylation is 3. The van der Waals surface area contributed by atoms with Crippen molar-refractivity contribution in [3.05, 3.63) is 80.1 Å². The molecule has 0 unspecified atom stereocenters. The first-order chi connectivity index (χ1) is 16.1. The molecule has 3 aromatic heterocycles. The fourth-order valence-corrected chi connectivity index (χ4v) is 4.23. The molecule has 8 nitrogen and oxygen atoms in total. The van der Waals surface area contributed by atoms with Crippen LogP contribution in [0.25, 0.3) is 22.3 Å². The van der Waals surface area contributed by atoms with Crippen LogP contribution in [0.2, 0.25) is 5.15 Å². The number of hydrogen-bond acceptors (Lipinski definition) is 6. The zero-order valence-electron chi connectivity index (χ0n) is 19.5. The zero-order valence-corrected chi connectivity index (χ0v) is 20.2. The normalized spacial score (nSPS) is 12.1. The molecule has 34 heavy (non-hydrogen) atoms. The van der Waals surface area contributed by atoms with Crippen LogP contribution in [0.15, 0.2) is 41.3 Å². The van der Waals surface area contributed by atoms with Gasteiger partial charge in [0.05, 0.1) is 22.6 Å². The molecule has 4 rings (SSSR count). The molecular formula is C25H24ClN5O3. The second-order valence-corrected chi connectivity index (χ2v) is 8.78. The van der Waals surface area contributed by atoms with Crippen LogP contribution in [0.5, 0.6) is 0 Å². The summed E-state index contributed by atoms with van der Waals surface area (Å²) in [6, 6.07) is 8.43. The Balaban J connectivity index is 1.91. The maximum Gasteiger partial charge on any atom is 0.356 e. The number of benzene rings is 1. The lowest BCUT2D eigenvalue weighted by atomic mass is 10.0. The van der Waals surface area contributed by atoms with E-state index in [0.717, 1.165) is 27.9 Å². The molecule has 2 N–H and O–H groups in total. The maximum absolute atomic E-state index is 13.3. The van der Waals surface area contributed by atoms with Gasteiger partial charge in [0, 0.05) is 30.1 Å². The number of carboxylic acids is 1. The molecule has 4 aromatic rings. The lowest BCUT2D eigenvalue weighted by molar-refractivity contribution is 0.0691. The second kappa shape index (κ2) is 8.87. The highest BCUT2D eigenvalue weighted by atomic mass is 35.5. The Labute approximate surface area is 201 Å². The van der Waals surface area contributed by atoms with E-state index < -0.39 is 5.97 Å². The first-order valence-corrected chi connectivity index (χ1v) is 11.1. The summed E-state index contributed by atoms with van der Waals surface area (Å²) in [5.41, 5.74) is 4.79. The molecule has 0 saturated heterocycles. The summed E-state index contributed by atoms with van der Waals surface area (Å²) in [6.07, 6.45) is 1.73. The average molecular weight is 478 g/mol. The largest absolute Gasteiger partial charge is 0.476 e. The quantitative estimate of drug-likeness (QED) is 0.395. The van der Waals surface area contributed by atoms with Gasteiger partial charge in [-0.1, -0.05) is 17.7 Å².